The van der Waals surface area contributed by atoms with Crippen LogP contribution >= 0.6 is 0 Å². The van der Waals surface area contributed by atoms with E-state index in [1.165, 1.54) is 0 Å². The normalized spacial score (nSPS) is 12.5. The van der Waals surface area contributed by atoms with Crippen molar-refractivity contribution in [2.24, 2.45) is 0 Å². The Bertz CT molecular complexity index is 396. The predicted octanol–water partition coefficient (Wildman–Crippen LogP) is 1.67. The van der Waals surface area contributed by atoms with Crippen molar-refractivity contribution in [1.29, 1.82) is 0 Å². The summed E-state index contributed by atoms with van der Waals surface area (Å²) in [6, 6.07) is 7.68. The van der Waals surface area contributed by atoms with Crippen molar-refractivity contribution >= 4 is 5.91 Å². The third-order valence-electron chi connectivity index (χ3n) is 2.68. The third-order valence-corrected chi connectivity index (χ3v) is 2.68. The molecule has 0 fully saturated rings. The van der Waals surface area contributed by atoms with Crippen molar-refractivity contribution in [3.8, 4) is 0 Å². The van der Waals surface area contributed by atoms with E-state index in [9.17, 15) is 13.6 Å². The van der Waals surface area contributed by atoms with Crippen molar-refractivity contribution in [2.45, 2.75) is 32.3 Å². The molecule has 0 radical (unpaired) electrons. The number of aliphatic hydroxyl groups excluding tert-OH is 1. The quantitative estimate of drug-likeness (QED) is 0.814. The van der Waals surface area contributed by atoms with Gasteiger partial charge < -0.3 is 10.4 Å². The first kappa shape index (κ1) is 14.6. The fourth-order valence-corrected chi connectivity index (χ4v) is 1.53. The number of benzene rings is 1. The number of amides is 1. The van der Waals surface area contributed by atoms with Gasteiger partial charge in [-0.25, -0.2) is 8.78 Å². The molecule has 0 aliphatic rings. The van der Waals surface area contributed by atoms with E-state index in [0.717, 1.165) is 11.1 Å². The number of alkyl halides is 2. The molecule has 5 heteroatoms. The first-order valence-corrected chi connectivity index (χ1v) is 5.78. The second kappa shape index (κ2) is 7.06. The second-order valence-corrected chi connectivity index (χ2v) is 4.13. The smallest absolute Gasteiger partial charge is 0.265 e. The number of carbonyl (C=O) groups is 1. The lowest BCUT2D eigenvalue weighted by molar-refractivity contribution is -0.122. The summed E-state index contributed by atoms with van der Waals surface area (Å²) in [5, 5.41) is 11.1. The minimum absolute atomic E-state index is 0.223. The first-order chi connectivity index (χ1) is 8.50. The van der Waals surface area contributed by atoms with Crippen molar-refractivity contribution < 1.29 is 18.7 Å². The van der Waals surface area contributed by atoms with Crippen LogP contribution in [0.4, 0.5) is 8.78 Å². The molecule has 0 aliphatic carbocycles. The molecule has 18 heavy (non-hydrogen) atoms. The van der Waals surface area contributed by atoms with Gasteiger partial charge in [-0.1, -0.05) is 24.3 Å². The molecule has 0 saturated carbocycles. The largest absolute Gasteiger partial charge is 0.385 e. The fraction of sp³-hybridized carbons (Fsp3) is 0.462. The van der Waals surface area contributed by atoms with E-state index in [2.05, 4.69) is 5.32 Å². The van der Waals surface area contributed by atoms with Crippen LogP contribution in [0.5, 0.6) is 0 Å². The molecule has 1 atom stereocenters. The Morgan fingerprint density at radius 1 is 1.39 bits per heavy atom. The zero-order valence-corrected chi connectivity index (χ0v) is 10.2. The fourth-order valence-electron chi connectivity index (χ4n) is 1.53. The Morgan fingerprint density at radius 2 is 2.06 bits per heavy atom. The first-order valence-electron chi connectivity index (χ1n) is 5.78. The average Bonchev–Trinajstić information content (AvgIpc) is 2.34. The van der Waals surface area contributed by atoms with E-state index in [-0.39, 0.29) is 12.3 Å². The topological polar surface area (TPSA) is 49.3 Å². The molecule has 0 saturated heterocycles. The average molecular weight is 257 g/mol. The van der Waals surface area contributed by atoms with Gasteiger partial charge in [-0.3, -0.25) is 4.79 Å². The van der Waals surface area contributed by atoms with Crippen molar-refractivity contribution in [2.75, 3.05) is 6.54 Å². The molecule has 0 bridgehead atoms. The van der Waals surface area contributed by atoms with E-state index >= 15 is 0 Å². The SMILES string of the molecule is Cc1ccccc1CCC(=O)NCC(O)C(F)F. The summed E-state index contributed by atoms with van der Waals surface area (Å²) in [4.78, 5) is 11.4. The van der Waals surface area contributed by atoms with Crippen LogP contribution in [0, 0.1) is 6.92 Å². The number of nitrogens with one attached hydrogen (secondary N) is 1. The lowest BCUT2D eigenvalue weighted by atomic mass is 10.0. The summed E-state index contributed by atoms with van der Waals surface area (Å²) in [7, 11) is 0. The maximum absolute atomic E-state index is 12.0. The summed E-state index contributed by atoms with van der Waals surface area (Å²) >= 11 is 0. The highest BCUT2D eigenvalue weighted by molar-refractivity contribution is 5.76. The number of rotatable bonds is 6. The molecule has 0 heterocycles. The molecule has 1 amide bonds. The maximum Gasteiger partial charge on any atom is 0.265 e. The van der Waals surface area contributed by atoms with Gasteiger partial charge in [-0.15, -0.1) is 0 Å². The van der Waals surface area contributed by atoms with E-state index in [1.54, 1.807) is 0 Å². The van der Waals surface area contributed by atoms with Crippen LogP contribution in [0.1, 0.15) is 17.5 Å². The van der Waals surface area contributed by atoms with Gasteiger partial charge in [0.15, 0.2) is 0 Å². The van der Waals surface area contributed by atoms with Crippen molar-refractivity contribution in [1.82, 2.24) is 5.32 Å². The lowest BCUT2D eigenvalue weighted by Gasteiger charge is -2.11. The minimum Gasteiger partial charge on any atom is -0.385 e. The molecule has 1 unspecified atom stereocenters. The number of hydrogen-bond donors (Lipinski definition) is 2. The van der Waals surface area contributed by atoms with Crippen molar-refractivity contribution in [3.05, 3.63) is 35.4 Å². The van der Waals surface area contributed by atoms with Crippen molar-refractivity contribution in [3.63, 3.8) is 0 Å². The molecule has 1 aromatic rings. The van der Waals surface area contributed by atoms with Crippen LogP contribution in [0.15, 0.2) is 24.3 Å². The van der Waals surface area contributed by atoms with Gasteiger partial charge in [-0.05, 0) is 24.5 Å². The highest BCUT2D eigenvalue weighted by Gasteiger charge is 2.17. The molecule has 0 spiro atoms. The van der Waals surface area contributed by atoms with Crippen LogP contribution in [0.3, 0.4) is 0 Å². The molecule has 0 aliphatic heterocycles. The van der Waals surface area contributed by atoms with Gasteiger partial charge in [-0.2, -0.15) is 0 Å². The monoisotopic (exact) mass is 257 g/mol. The molecule has 2 N–H and O–H groups in total. The number of aryl methyl sites for hydroxylation is 2. The summed E-state index contributed by atoms with van der Waals surface area (Å²) in [6.45, 7) is 1.54. The van der Waals surface area contributed by atoms with Crippen LogP contribution in [-0.4, -0.2) is 30.1 Å². The van der Waals surface area contributed by atoms with Crippen LogP contribution < -0.4 is 5.32 Å². The van der Waals surface area contributed by atoms with Crippen LogP contribution in [0.2, 0.25) is 0 Å². The summed E-state index contributed by atoms with van der Waals surface area (Å²) in [5.74, 6) is -0.335. The van der Waals surface area contributed by atoms with Gasteiger partial charge in [0.25, 0.3) is 6.43 Å². The Balaban J connectivity index is 2.32. The Kier molecular flexibility index (Phi) is 5.71. The molecular weight excluding hydrogens is 240 g/mol. The Labute approximate surface area is 105 Å². The van der Waals surface area contributed by atoms with Gasteiger partial charge >= 0.3 is 0 Å². The Hall–Kier alpha value is -1.49. The molecule has 0 aromatic heterocycles. The number of hydrogen-bond acceptors (Lipinski definition) is 2. The van der Waals surface area contributed by atoms with E-state index in [1.807, 2.05) is 31.2 Å². The summed E-state index contributed by atoms with van der Waals surface area (Å²) in [6.07, 6.45) is -3.85. The van der Waals surface area contributed by atoms with Crippen LogP contribution in [0.25, 0.3) is 0 Å². The molecular formula is C13H17F2NO2. The molecule has 1 aromatic carbocycles. The highest BCUT2D eigenvalue weighted by atomic mass is 19.3. The highest BCUT2D eigenvalue weighted by Crippen LogP contribution is 2.09. The molecule has 100 valence electrons. The van der Waals surface area contributed by atoms with Gasteiger partial charge in [0.1, 0.15) is 6.10 Å². The Morgan fingerprint density at radius 3 is 2.67 bits per heavy atom. The standard InChI is InChI=1S/C13H17F2NO2/c1-9-4-2-3-5-10(9)6-7-12(18)16-8-11(17)13(14)15/h2-5,11,13,17H,6-8H2,1H3,(H,16,18). The lowest BCUT2D eigenvalue weighted by Crippen LogP contribution is -2.35. The zero-order valence-electron chi connectivity index (χ0n) is 10.2. The molecule has 1 rings (SSSR count). The zero-order chi connectivity index (χ0) is 13.5. The second-order valence-electron chi connectivity index (χ2n) is 4.13. The number of halogens is 2. The summed E-state index contributed by atoms with van der Waals surface area (Å²) in [5.41, 5.74) is 2.15. The van der Waals surface area contributed by atoms with E-state index < -0.39 is 19.1 Å². The minimum atomic E-state index is -2.83. The van der Waals surface area contributed by atoms with Crippen LogP contribution in [-0.2, 0) is 11.2 Å². The van der Waals surface area contributed by atoms with Gasteiger partial charge in [0.2, 0.25) is 5.91 Å². The number of aliphatic hydroxyl groups is 1. The predicted molar refractivity (Wildman–Crippen MR) is 64.5 cm³/mol. The van der Waals surface area contributed by atoms with Gasteiger partial charge in [0, 0.05) is 13.0 Å². The maximum atomic E-state index is 12.0. The summed E-state index contributed by atoms with van der Waals surface area (Å²) < 4.78 is 24.0. The van der Waals surface area contributed by atoms with E-state index in [4.69, 9.17) is 5.11 Å². The van der Waals surface area contributed by atoms with E-state index in [0.29, 0.717) is 6.42 Å². The number of carbonyl (C=O) groups excluding carboxylic acids is 1. The third kappa shape index (κ3) is 4.79. The molecule has 3 nitrogen and oxygen atoms in total. The van der Waals surface area contributed by atoms with Gasteiger partial charge in [0.05, 0.1) is 0 Å².